The summed E-state index contributed by atoms with van der Waals surface area (Å²) >= 11 is 0. The number of nitro benzene ring substituents is 1. The van der Waals surface area contributed by atoms with Crippen molar-refractivity contribution in [3.05, 3.63) is 64.2 Å². The zero-order valence-electron chi connectivity index (χ0n) is 15.3. The van der Waals surface area contributed by atoms with Crippen molar-refractivity contribution in [1.82, 2.24) is 0 Å². The number of unbranched alkanes of at least 4 members (excludes halogenated alkanes) is 1. The van der Waals surface area contributed by atoms with Crippen LogP contribution in [0.4, 0.5) is 16.2 Å². The Bertz CT molecular complexity index is 947. The van der Waals surface area contributed by atoms with Crippen LogP contribution in [0, 0.1) is 10.1 Å². The summed E-state index contributed by atoms with van der Waals surface area (Å²) in [5.41, 5.74) is 0.266. The van der Waals surface area contributed by atoms with Crippen LogP contribution in [0.25, 0.3) is 0 Å². The molecular formula is C18H21N3O6S. The molecule has 9 nitrogen and oxygen atoms in total. The van der Waals surface area contributed by atoms with E-state index in [0.717, 1.165) is 29.0 Å². The molecular weight excluding hydrogens is 386 g/mol. The second-order valence-electron chi connectivity index (χ2n) is 6.00. The maximum Gasteiger partial charge on any atom is 0.414 e. The molecule has 2 rings (SSSR count). The van der Waals surface area contributed by atoms with Crippen molar-refractivity contribution >= 4 is 27.5 Å². The Kier molecular flexibility index (Phi) is 7.07. The number of ether oxygens (including phenoxy) is 1. The molecule has 0 saturated carbocycles. The second kappa shape index (κ2) is 9.29. The Balaban J connectivity index is 2.38. The molecule has 0 saturated heterocycles. The van der Waals surface area contributed by atoms with Gasteiger partial charge in [-0.25, -0.2) is 18.4 Å². The summed E-state index contributed by atoms with van der Waals surface area (Å²) in [7, 11) is -4.31. The van der Waals surface area contributed by atoms with Gasteiger partial charge in [0.1, 0.15) is 11.5 Å². The fourth-order valence-corrected chi connectivity index (χ4v) is 3.25. The van der Waals surface area contributed by atoms with Gasteiger partial charge in [-0.05, 0) is 18.1 Å². The molecule has 0 aliphatic carbocycles. The summed E-state index contributed by atoms with van der Waals surface area (Å²) in [5, 5.41) is 16.2. The fourth-order valence-electron chi connectivity index (χ4n) is 2.49. The van der Waals surface area contributed by atoms with Crippen LogP contribution in [-0.2, 0) is 21.4 Å². The first-order chi connectivity index (χ1) is 13.2. The van der Waals surface area contributed by atoms with Gasteiger partial charge in [-0.2, -0.15) is 0 Å². The first kappa shape index (κ1) is 21.3. The highest BCUT2D eigenvalue weighted by molar-refractivity contribution is 7.89. The van der Waals surface area contributed by atoms with E-state index < -0.39 is 31.6 Å². The maximum atomic E-state index is 12.7. The van der Waals surface area contributed by atoms with E-state index in [2.05, 4.69) is 0 Å². The van der Waals surface area contributed by atoms with E-state index in [-0.39, 0.29) is 18.8 Å². The Hall–Kier alpha value is -2.98. The molecule has 0 aliphatic rings. The normalized spacial score (nSPS) is 11.1. The number of hydrogen-bond donors (Lipinski definition) is 1. The molecule has 2 aromatic carbocycles. The van der Waals surface area contributed by atoms with Crippen LogP contribution >= 0.6 is 0 Å². The lowest BCUT2D eigenvalue weighted by molar-refractivity contribution is -0.385. The SMILES string of the molecule is CCCCN(C(=O)OCc1ccccc1)c1ccc([N+](=O)[O-])cc1S(N)(=O)=O. The molecule has 2 N–H and O–H groups in total. The van der Waals surface area contributed by atoms with Crippen LogP contribution in [0.5, 0.6) is 0 Å². The Morgan fingerprint density at radius 2 is 1.89 bits per heavy atom. The van der Waals surface area contributed by atoms with Crippen molar-refractivity contribution < 1.29 is 22.9 Å². The third-order valence-corrected chi connectivity index (χ3v) is 4.85. The Labute approximate surface area is 162 Å². The molecule has 28 heavy (non-hydrogen) atoms. The van der Waals surface area contributed by atoms with Gasteiger partial charge in [0.2, 0.25) is 10.0 Å². The quantitative estimate of drug-likeness (QED) is 0.528. The van der Waals surface area contributed by atoms with Crippen LogP contribution in [0.1, 0.15) is 25.3 Å². The fraction of sp³-hybridized carbons (Fsp3) is 0.278. The molecule has 0 fully saturated rings. The minimum absolute atomic E-state index is 0.0000119. The molecule has 0 aliphatic heterocycles. The van der Waals surface area contributed by atoms with Gasteiger partial charge < -0.3 is 4.74 Å². The topological polar surface area (TPSA) is 133 Å². The highest BCUT2D eigenvalue weighted by atomic mass is 32.2. The van der Waals surface area contributed by atoms with Crippen molar-refractivity contribution in [3.63, 3.8) is 0 Å². The smallest absolute Gasteiger partial charge is 0.414 e. The lowest BCUT2D eigenvalue weighted by atomic mass is 10.2. The standard InChI is InChI=1S/C18H21N3O6S/c1-2-3-11-20(18(22)27-13-14-7-5-4-6-8-14)16-10-9-15(21(23)24)12-17(16)28(19,25)26/h4-10,12H,2-3,11,13H2,1H3,(H2,19,25,26). The van der Waals surface area contributed by atoms with Gasteiger partial charge >= 0.3 is 6.09 Å². The van der Waals surface area contributed by atoms with Crippen molar-refractivity contribution in [3.8, 4) is 0 Å². The number of hydrogen-bond acceptors (Lipinski definition) is 6. The molecule has 0 radical (unpaired) electrons. The number of amides is 1. The van der Waals surface area contributed by atoms with E-state index in [1.165, 1.54) is 6.07 Å². The average molecular weight is 407 g/mol. The number of primary sulfonamides is 1. The highest BCUT2D eigenvalue weighted by Crippen LogP contribution is 2.29. The molecule has 1 amide bonds. The predicted molar refractivity (Wildman–Crippen MR) is 103 cm³/mol. The van der Waals surface area contributed by atoms with Gasteiger partial charge in [0.05, 0.1) is 10.6 Å². The van der Waals surface area contributed by atoms with E-state index in [1.54, 1.807) is 24.3 Å². The number of carbonyl (C=O) groups excluding carboxylic acids is 1. The van der Waals surface area contributed by atoms with E-state index in [1.807, 2.05) is 13.0 Å². The zero-order chi connectivity index (χ0) is 20.7. The van der Waals surface area contributed by atoms with Gasteiger partial charge in [0, 0.05) is 18.7 Å². The lowest BCUT2D eigenvalue weighted by Crippen LogP contribution is -2.34. The van der Waals surface area contributed by atoms with Gasteiger partial charge in [0.15, 0.2) is 0 Å². The van der Waals surface area contributed by atoms with Gasteiger partial charge in [-0.3, -0.25) is 15.0 Å². The number of nitrogens with two attached hydrogens (primary N) is 1. The van der Waals surface area contributed by atoms with E-state index in [4.69, 9.17) is 9.88 Å². The zero-order valence-corrected chi connectivity index (χ0v) is 16.1. The number of sulfonamides is 1. The number of anilines is 1. The van der Waals surface area contributed by atoms with E-state index in [9.17, 15) is 23.3 Å². The molecule has 0 heterocycles. The second-order valence-corrected chi connectivity index (χ2v) is 7.53. The molecule has 0 unspecified atom stereocenters. The molecule has 150 valence electrons. The third kappa shape index (κ3) is 5.51. The van der Waals surface area contributed by atoms with E-state index >= 15 is 0 Å². The molecule has 0 spiro atoms. The largest absolute Gasteiger partial charge is 0.444 e. The summed E-state index contributed by atoms with van der Waals surface area (Å²) in [6, 6.07) is 12.1. The molecule has 0 atom stereocenters. The first-order valence-electron chi connectivity index (χ1n) is 8.53. The van der Waals surface area contributed by atoms with Gasteiger partial charge in [-0.15, -0.1) is 0 Å². The minimum atomic E-state index is -4.31. The lowest BCUT2D eigenvalue weighted by Gasteiger charge is -2.24. The molecule has 10 heteroatoms. The van der Waals surface area contributed by atoms with Gasteiger partial charge in [-0.1, -0.05) is 43.7 Å². The van der Waals surface area contributed by atoms with Crippen LogP contribution in [0.15, 0.2) is 53.4 Å². The Morgan fingerprint density at radius 1 is 1.21 bits per heavy atom. The summed E-state index contributed by atoms with van der Waals surface area (Å²) < 4.78 is 29.3. The minimum Gasteiger partial charge on any atom is -0.444 e. The van der Waals surface area contributed by atoms with Crippen LogP contribution in [-0.4, -0.2) is 26.0 Å². The number of rotatable bonds is 8. The van der Waals surface area contributed by atoms with Crippen molar-refractivity contribution in [2.45, 2.75) is 31.3 Å². The summed E-state index contributed by atoms with van der Waals surface area (Å²) in [6.07, 6.45) is 0.540. The van der Waals surface area contributed by atoms with Crippen LogP contribution in [0.3, 0.4) is 0 Å². The predicted octanol–water partition coefficient (Wildman–Crippen LogP) is 3.19. The first-order valence-corrected chi connectivity index (χ1v) is 10.1. The number of non-ortho nitro benzene ring substituents is 1. The number of nitro groups is 1. The highest BCUT2D eigenvalue weighted by Gasteiger charge is 2.26. The monoisotopic (exact) mass is 407 g/mol. The molecule has 0 bridgehead atoms. The maximum absolute atomic E-state index is 12.7. The van der Waals surface area contributed by atoms with Gasteiger partial charge in [0.25, 0.3) is 5.69 Å². The molecule has 2 aromatic rings. The summed E-state index contributed by atoms with van der Waals surface area (Å²) in [4.78, 5) is 23.5. The van der Waals surface area contributed by atoms with Crippen LogP contribution in [0.2, 0.25) is 0 Å². The summed E-state index contributed by atoms with van der Waals surface area (Å²) in [6.45, 7) is 2.08. The van der Waals surface area contributed by atoms with E-state index in [0.29, 0.717) is 6.42 Å². The number of nitrogens with zero attached hydrogens (tertiary/aromatic N) is 2. The van der Waals surface area contributed by atoms with Crippen molar-refractivity contribution in [2.75, 3.05) is 11.4 Å². The summed E-state index contributed by atoms with van der Waals surface area (Å²) in [5.74, 6) is 0. The number of benzene rings is 2. The molecule has 0 aromatic heterocycles. The third-order valence-electron chi connectivity index (χ3n) is 3.91. The Morgan fingerprint density at radius 3 is 2.46 bits per heavy atom. The number of carbonyl (C=O) groups is 1. The van der Waals surface area contributed by atoms with Crippen LogP contribution < -0.4 is 10.0 Å². The van der Waals surface area contributed by atoms with Crippen molar-refractivity contribution in [1.29, 1.82) is 0 Å². The average Bonchev–Trinajstić information content (AvgIpc) is 2.66. The van der Waals surface area contributed by atoms with Crippen molar-refractivity contribution in [2.24, 2.45) is 5.14 Å².